The number of anilines is 2. The Morgan fingerprint density at radius 1 is 1.21 bits per heavy atom. The lowest BCUT2D eigenvalue weighted by Gasteiger charge is -2.27. The third kappa shape index (κ3) is 3.67. The van der Waals surface area contributed by atoms with Crippen molar-refractivity contribution in [3.63, 3.8) is 0 Å². The molecule has 1 aliphatic heterocycles. The van der Waals surface area contributed by atoms with Crippen LogP contribution in [0.5, 0.6) is 0 Å². The zero-order valence-electron chi connectivity index (χ0n) is 15.7. The molecule has 7 heteroatoms. The van der Waals surface area contributed by atoms with E-state index in [2.05, 4.69) is 16.4 Å². The number of nitrogens with one attached hydrogen (secondary N) is 1. The van der Waals surface area contributed by atoms with Crippen LogP contribution in [0.4, 0.5) is 11.5 Å². The van der Waals surface area contributed by atoms with E-state index in [1.54, 1.807) is 18.3 Å². The van der Waals surface area contributed by atoms with Gasteiger partial charge in [-0.2, -0.15) is 5.26 Å². The molecule has 0 saturated carbocycles. The lowest BCUT2D eigenvalue weighted by Crippen LogP contribution is -2.35. The van der Waals surface area contributed by atoms with Crippen LogP contribution < -0.4 is 5.32 Å². The molecule has 28 heavy (non-hydrogen) atoms. The number of nitrogens with zero attached hydrogens (tertiary/aromatic N) is 4. The number of benzene rings is 1. The Hall–Kier alpha value is -3.04. The van der Waals surface area contributed by atoms with Crippen LogP contribution >= 0.6 is 12.4 Å². The normalized spacial score (nSPS) is 13.6. The van der Waals surface area contributed by atoms with E-state index in [4.69, 9.17) is 5.26 Å². The van der Waals surface area contributed by atoms with E-state index < -0.39 is 0 Å². The summed E-state index contributed by atoms with van der Waals surface area (Å²) in [5.74, 6) is 0.725. The van der Waals surface area contributed by atoms with Gasteiger partial charge in [-0.25, -0.2) is 4.98 Å². The van der Waals surface area contributed by atoms with E-state index >= 15 is 0 Å². The second-order valence-electron chi connectivity index (χ2n) is 6.88. The predicted molar refractivity (Wildman–Crippen MR) is 112 cm³/mol. The molecule has 1 fully saturated rings. The van der Waals surface area contributed by atoms with Crippen LogP contribution in [0.25, 0.3) is 10.9 Å². The number of nitriles is 1. The first-order valence-corrected chi connectivity index (χ1v) is 9.18. The van der Waals surface area contributed by atoms with Crippen LogP contribution in [-0.2, 0) is 7.05 Å². The second kappa shape index (κ2) is 8.32. The summed E-state index contributed by atoms with van der Waals surface area (Å²) in [6.07, 6.45) is 6.91. The second-order valence-corrected chi connectivity index (χ2v) is 6.88. The lowest BCUT2D eigenvalue weighted by molar-refractivity contribution is 0.0725. The molecule has 1 amide bonds. The standard InChI is InChI=1S/C21H21N5O.ClH/c1-25-11-8-17-19(25)18(21(27)26-9-3-2-4-10-26)14-23-20(17)24-16-7-5-6-15(12-16)13-22;/h5-8,11-12,14H,2-4,9-10H2,1H3,(H,23,24);1H. The van der Waals surface area contributed by atoms with Crippen molar-refractivity contribution in [2.75, 3.05) is 18.4 Å². The van der Waals surface area contributed by atoms with Crippen LogP contribution in [0.1, 0.15) is 35.2 Å². The van der Waals surface area contributed by atoms with Crippen molar-refractivity contribution >= 4 is 40.7 Å². The van der Waals surface area contributed by atoms with Crippen LogP contribution in [0.3, 0.4) is 0 Å². The fourth-order valence-corrected chi connectivity index (χ4v) is 3.64. The molecular formula is C21H22ClN5O. The highest BCUT2D eigenvalue weighted by atomic mass is 35.5. The number of halogens is 1. The Kier molecular flexibility index (Phi) is 5.86. The summed E-state index contributed by atoms with van der Waals surface area (Å²) < 4.78 is 1.96. The lowest BCUT2D eigenvalue weighted by atomic mass is 10.1. The number of carbonyl (C=O) groups is 1. The van der Waals surface area contributed by atoms with E-state index in [0.29, 0.717) is 16.9 Å². The summed E-state index contributed by atoms with van der Waals surface area (Å²) in [5, 5.41) is 13.3. The number of pyridine rings is 1. The summed E-state index contributed by atoms with van der Waals surface area (Å²) in [5.41, 5.74) is 2.89. The van der Waals surface area contributed by atoms with Gasteiger partial charge in [0.15, 0.2) is 0 Å². The molecule has 3 heterocycles. The number of aromatic nitrogens is 2. The predicted octanol–water partition coefficient (Wildman–Crippen LogP) is 4.24. The summed E-state index contributed by atoms with van der Waals surface area (Å²) >= 11 is 0. The van der Waals surface area contributed by atoms with Crippen LogP contribution in [0.15, 0.2) is 42.7 Å². The van der Waals surface area contributed by atoms with Gasteiger partial charge in [-0.05, 0) is 43.5 Å². The fourth-order valence-electron chi connectivity index (χ4n) is 3.64. The average Bonchev–Trinajstić information content (AvgIpc) is 3.11. The molecule has 1 N–H and O–H groups in total. The molecule has 0 spiro atoms. The minimum atomic E-state index is 0. The quantitative estimate of drug-likeness (QED) is 0.719. The number of hydrogen-bond acceptors (Lipinski definition) is 4. The number of carbonyl (C=O) groups excluding carboxylic acids is 1. The van der Waals surface area contributed by atoms with Gasteiger partial charge < -0.3 is 14.8 Å². The van der Waals surface area contributed by atoms with Gasteiger partial charge in [0.1, 0.15) is 5.82 Å². The third-order valence-corrected chi connectivity index (χ3v) is 5.03. The molecule has 0 atom stereocenters. The van der Waals surface area contributed by atoms with Crippen molar-refractivity contribution in [2.45, 2.75) is 19.3 Å². The summed E-state index contributed by atoms with van der Waals surface area (Å²) in [6, 6.07) is 11.4. The number of fused-ring (bicyclic) bond motifs is 1. The fraction of sp³-hybridized carbons (Fsp3) is 0.286. The van der Waals surface area contributed by atoms with E-state index in [1.807, 2.05) is 40.9 Å². The molecular weight excluding hydrogens is 374 g/mol. The summed E-state index contributed by atoms with van der Waals surface area (Å²) in [4.78, 5) is 19.5. The Morgan fingerprint density at radius 2 is 2.00 bits per heavy atom. The van der Waals surface area contributed by atoms with Crippen molar-refractivity contribution in [3.8, 4) is 6.07 Å². The monoisotopic (exact) mass is 395 g/mol. The van der Waals surface area contributed by atoms with Crippen LogP contribution in [0.2, 0.25) is 0 Å². The van der Waals surface area contributed by atoms with Crippen molar-refractivity contribution in [1.29, 1.82) is 5.26 Å². The summed E-state index contributed by atoms with van der Waals surface area (Å²) in [7, 11) is 1.94. The number of hydrogen-bond donors (Lipinski definition) is 1. The van der Waals surface area contributed by atoms with Crippen LogP contribution in [-0.4, -0.2) is 33.4 Å². The smallest absolute Gasteiger partial charge is 0.257 e. The number of likely N-dealkylation sites (tertiary alicyclic amines) is 1. The maximum Gasteiger partial charge on any atom is 0.257 e. The highest BCUT2D eigenvalue weighted by molar-refractivity contribution is 6.08. The zero-order valence-corrected chi connectivity index (χ0v) is 16.5. The average molecular weight is 396 g/mol. The number of rotatable bonds is 3. The van der Waals surface area contributed by atoms with Gasteiger partial charge in [0.05, 0.1) is 22.7 Å². The molecule has 0 unspecified atom stereocenters. The van der Waals surface area contributed by atoms with E-state index in [-0.39, 0.29) is 18.3 Å². The minimum Gasteiger partial charge on any atom is -0.350 e. The first-order chi connectivity index (χ1) is 13.2. The SMILES string of the molecule is Cl.Cn1ccc2c(Nc3cccc(C#N)c3)ncc(C(=O)N3CCCCC3)c21. The molecule has 6 nitrogen and oxygen atoms in total. The molecule has 0 aliphatic carbocycles. The maximum absolute atomic E-state index is 13.0. The van der Waals surface area contributed by atoms with E-state index in [0.717, 1.165) is 42.5 Å². The zero-order chi connectivity index (χ0) is 18.8. The van der Waals surface area contributed by atoms with E-state index in [1.165, 1.54) is 6.42 Å². The molecule has 1 aliphatic rings. The number of piperidine rings is 1. The molecule has 1 aromatic carbocycles. The Bertz CT molecular complexity index is 1050. The van der Waals surface area contributed by atoms with Gasteiger partial charge in [0.25, 0.3) is 5.91 Å². The van der Waals surface area contributed by atoms with Gasteiger partial charge >= 0.3 is 0 Å². The molecule has 1 saturated heterocycles. The van der Waals surface area contributed by atoms with E-state index in [9.17, 15) is 4.79 Å². The Balaban J connectivity index is 0.00000225. The molecule has 4 rings (SSSR count). The van der Waals surface area contributed by atoms with Crippen molar-refractivity contribution in [2.24, 2.45) is 7.05 Å². The first kappa shape index (κ1) is 19.7. The first-order valence-electron chi connectivity index (χ1n) is 9.18. The highest BCUT2D eigenvalue weighted by Crippen LogP contribution is 2.29. The third-order valence-electron chi connectivity index (χ3n) is 5.03. The van der Waals surface area contributed by atoms with Gasteiger partial charge in [-0.15, -0.1) is 12.4 Å². The summed E-state index contributed by atoms with van der Waals surface area (Å²) in [6.45, 7) is 1.62. The highest BCUT2D eigenvalue weighted by Gasteiger charge is 2.23. The van der Waals surface area contributed by atoms with Gasteiger partial charge in [-0.1, -0.05) is 6.07 Å². The molecule has 3 aromatic rings. The molecule has 0 bridgehead atoms. The maximum atomic E-state index is 13.0. The Labute approximate surface area is 170 Å². The van der Waals surface area contributed by atoms with Crippen molar-refractivity contribution in [1.82, 2.24) is 14.5 Å². The molecule has 144 valence electrons. The molecule has 2 aromatic heterocycles. The van der Waals surface area contributed by atoms with Gasteiger partial charge in [-0.3, -0.25) is 4.79 Å². The van der Waals surface area contributed by atoms with Gasteiger partial charge in [0, 0.05) is 43.6 Å². The van der Waals surface area contributed by atoms with Crippen molar-refractivity contribution in [3.05, 3.63) is 53.9 Å². The number of amides is 1. The van der Waals surface area contributed by atoms with Crippen molar-refractivity contribution < 1.29 is 4.79 Å². The molecule has 0 radical (unpaired) electrons. The Morgan fingerprint density at radius 3 is 2.75 bits per heavy atom. The number of aryl methyl sites for hydroxylation is 1. The van der Waals surface area contributed by atoms with Crippen LogP contribution in [0, 0.1) is 11.3 Å². The largest absolute Gasteiger partial charge is 0.350 e. The topological polar surface area (TPSA) is 74.0 Å². The minimum absolute atomic E-state index is 0. The van der Waals surface area contributed by atoms with Gasteiger partial charge in [0.2, 0.25) is 0 Å².